The van der Waals surface area contributed by atoms with Crippen molar-refractivity contribution in [2.24, 2.45) is 0 Å². The van der Waals surface area contributed by atoms with Gasteiger partial charge < -0.3 is 4.40 Å². The third kappa shape index (κ3) is 2.86. The first kappa shape index (κ1) is 21.5. The highest BCUT2D eigenvalue weighted by Crippen LogP contribution is 2.42. The van der Waals surface area contributed by atoms with Gasteiger partial charge in [0.25, 0.3) is 0 Å². The Morgan fingerprint density at radius 3 is 1.98 bits per heavy atom. The maximum atomic E-state index is 4.89. The summed E-state index contributed by atoms with van der Waals surface area (Å²) >= 11 is 0. The van der Waals surface area contributed by atoms with Crippen molar-refractivity contribution in [1.29, 1.82) is 0 Å². The zero-order valence-electron chi connectivity index (χ0n) is 21.6. The topological polar surface area (TPSA) is 22.2 Å². The summed E-state index contributed by atoms with van der Waals surface area (Å²) in [5.74, 6) is 0.920. The lowest BCUT2D eigenvalue weighted by atomic mass is 10.00. The lowest BCUT2D eigenvalue weighted by Crippen LogP contribution is -1.98. The average Bonchev–Trinajstić information content (AvgIpc) is 3.58. The molecule has 3 nitrogen and oxygen atoms in total. The summed E-state index contributed by atoms with van der Waals surface area (Å²) < 4.78 is 4.76. The average molecular weight is 510 g/mol. The second kappa shape index (κ2) is 8.05. The minimum absolute atomic E-state index is 0.920. The number of fused-ring (bicyclic) bond motifs is 12. The summed E-state index contributed by atoms with van der Waals surface area (Å²) in [6.45, 7) is 0. The molecule has 0 amide bonds. The standard InChI is InChI=1S/C37H23N3/c1-2-10-24(11-3-1)25-20-21-38-35(23-25)40-31-17-9-7-15-29(31)37-33(40)19-18-32-36(37)28-14-6-5-13-27(28)34-22-26-12-4-8-16-30(26)39(32)34/h1-23H. The Kier molecular flexibility index (Phi) is 4.33. The van der Waals surface area contributed by atoms with Crippen molar-refractivity contribution in [1.82, 2.24) is 14.0 Å². The van der Waals surface area contributed by atoms with Crippen LogP contribution in [-0.2, 0) is 0 Å². The molecule has 9 rings (SSSR count). The normalized spacial score (nSPS) is 12.0. The van der Waals surface area contributed by atoms with E-state index < -0.39 is 0 Å². The summed E-state index contributed by atoms with van der Waals surface area (Å²) in [6.07, 6.45) is 1.92. The second-order valence-electron chi connectivity index (χ2n) is 10.4. The maximum absolute atomic E-state index is 4.89. The fourth-order valence-corrected chi connectivity index (χ4v) is 6.64. The molecule has 0 radical (unpaired) electrons. The first-order valence-electron chi connectivity index (χ1n) is 13.7. The van der Waals surface area contributed by atoms with E-state index in [1.807, 2.05) is 6.20 Å². The molecule has 9 aromatic rings. The van der Waals surface area contributed by atoms with Crippen LogP contribution in [0.4, 0.5) is 0 Å². The van der Waals surface area contributed by atoms with Gasteiger partial charge in [0.15, 0.2) is 0 Å². The van der Waals surface area contributed by atoms with Crippen molar-refractivity contribution in [3.63, 3.8) is 0 Å². The number of benzene rings is 5. The van der Waals surface area contributed by atoms with E-state index in [4.69, 9.17) is 4.98 Å². The van der Waals surface area contributed by atoms with Gasteiger partial charge in [0.2, 0.25) is 0 Å². The van der Waals surface area contributed by atoms with Crippen LogP contribution in [0.2, 0.25) is 0 Å². The summed E-state index contributed by atoms with van der Waals surface area (Å²) in [6, 6.07) is 47.9. The van der Waals surface area contributed by atoms with Crippen LogP contribution in [0.15, 0.2) is 140 Å². The van der Waals surface area contributed by atoms with Crippen LogP contribution >= 0.6 is 0 Å². The maximum Gasteiger partial charge on any atom is 0.138 e. The van der Waals surface area contributed by atoms with E-state index in [0.29, 0.717) is 0 Å². The van der Waals surface area contributed by atoms with Gasteiger partial charge >= 0.3 is 0 Å². The van der Waals surface area contributed by atoms with Crippen LogP contribution in [0.5, 0.6) is 0 Å². The van der Waals surface area contributed by atoms with E-state index in [1.54, 1.807) is 0 Å². The fourth-order valence-electron chi connectivity index (χ4n) is 6.64. The molecule has 0 saturated carbocycles. The van der Waals surface area contributed by atoms with Gasteiger partial charge in [0, 0.05) is 33.1 Å². The molecule has 0 N–H and O–H groups in total. The number of hydrogen-bond donors (Lipinski definition) is 0. The van der Waals surface area contributed by atoms with Crippen molar-refractivity contribution in [2.45, 2.75) is 0 Å². The number of para-hydroxylation sites is 2. The van der Waals surface area contributed by atoms with Gasteiger partial charge in [0.1, 0.15) is 5.82 Å². The molecule has 4 aromatic heterocycles. The Labute approximate surface area is 230 Å². The minimum Gasteiger partial charge on any atom is -0.309 e. The summed E-state index contributed by atoms with van der Waals surface area (Å²) in [5, 5.41) is 7.56. The van der Waals surface area contributed by atoms with Crippen molar-refractivity contribution in [3.8, 4) is 16.9 Å². The fraction of sp³-hybridized carbons (Fsp3) is 0. The molecule has 0 unspecified atom stereocenters. The molecular formula is C37H23N3. The molecule has 0 fully saturated rings. The van der Waals surface area contributed by atoms with Gasteiger partial charge in [-0.2, -0.15) is 0 Å². The van der Waals surface area contributed by atoms with Gasteiger partial charge in [0.05, 0.1) is 27.6 Å². The number of pyridine rings is 2. The molecule has 0 bridgehead atoms. The Bertz CT molecular complexity index is 2430. The number of hydrogen-bond acceptors (Lipinski definition) is 1. The predicted molar refractivity (Wildman–Crippen MR) is 167 cm³/mol. The Balaban J connectivity index is 1.48. The van der Waals surface area contributed by atoms with Crippen LogP contribution in [0.1, 0.15) is 0 Å². The Morgan fingerprint density at radius 2 is 1.10 bits per heavy atom. The van der Waals surface area contributed by atoms with Gasteiger partial charge in [-0.15, -0.1) is 0 Å². The van der Waals surface area contributed by atoms with Crippen molar-refractivity contribution >= 4 is 59.9 Å². The van der Waals surface area contributed by atoms with Crippen LogP contribution in [0.25, 0.3) is 76.8 Å². The molecule has 3 heteroatoms. The molecule has 4 heterocycles. The van der Waals surface area contributed by atoms with Crippen molar-refractivity contribution in [3.05, 3.63) is 140 Å². The Morgan fingerprint density at radius 1 is 0.425 bits per heavy atom. The van der Waals surface area contributed by atoms with E-state index in [1.165, 1.54) is 54.4 Å². The molecule has 0 aliphatic heterocycles. The summed E-state index contributed by atoms with van der Waals surface area (Å²) in [4.78, 5) is 4.89. The molecule has 0 aliphatic rings. The van der Waals surface area contributed by atoms with E-state index in [9.17, 15) is 0 Å². The summed E-state index contributed by atoms with van der Waals surface area (Å²) in [5.41, 5.74) is 8.35. The molecule has 0 saturated heterocycles. The zero-order chi connectivity index (χ0) is 26.2. The number of aromatic nitrogens is 3. The quantitative estimate of drug-likeness (QED) is 0.213. The van der Waals surface area contributed by atoms with Gasteiger partial charge in [-0.1, -0.05) is 91.0 Å². The molecule has 0 aliphatic carbocycles. The molecule has 186 valence electrons. The third-order valence-electron chi connectivity index (χ3n) is 8.32. The Hall–Kier alpha value is -5.41. The number of nitrogens with zero attached hydrogens (tertiary/aromatic N) is 3. The van der Waals surface area contributed by atoms with Crippen LogP contribution in [0, 0.1) is 0 Å². The van der Waals surface area contributed by atoms with E-state index >= 15 is 0 Å². The minimum atomic E-state index is 0.920. The van der Waals surface area contributed by atoms with Gasteiger partial charge in [-0.25, -0.2) is 4.98 Å². The zero-order valence-corrected chi connectivity index (χ0v) is 21.6. The number of rotatable bonds is 2. The van der Waals surface area contributed by atoms with Gasteiger partial charge in [-0.3, -0.25) is 4.57 Å². The van der Waals surface area contributed by atoms with Crippen LogP contribution in [0.3, 0.4) is 0 Å². The first-order chi connectivity index (χ1) is 19.9. The molecule has 0 spiro atoms. The highest BCUT2D eigenvalue weighted by atomic mass is 15.1. The highest BCUT2D eigenvalue weighted by molar-refractivity contribution is 6.30. The van der Waals surface area contributed by atoms with Crippen molar-refractivity contribution in [2.75, 3.05) is 0 Å². The van der Waals surface area contributed by atoms with Crippen molar-refractivity contribution < 1.29 is 0 Å². The summed E-state index contributed by atoms with van der Waals surface area (Å²) in [7, 11) is 0. The van der Waals surface area contributed by atoms with E-state index in [-0.39, 0.29) is 0 Å². The molecule has 0 atom stereocenters. The highest BCUT2D eigenvalue weighted by Gasteiger charge is 2.20. The predicted octanol–water partition coefficient (Wildman–Crippen LogP) is 9.56. The second-order valence-corrected chi connectivity index (χ2v) is 10.4. The molecular weight excluding hydrogens is 486 g/mol. The van der Waals surface area contributed by atoms with E-state index in [0.717, 1.165) is 22.4 Å². The largest absolute Gasteiger partial charge is 0.309 e. The SMILES string of the molecule is c1ccc(-c2ccnc(-n3c4ccccc4c4c5c6ccccc6c6cc7ccccc7n6c5ccc43)c2)cc1. The first-order valence-corrected chi connectivity index (χ1v) is 13.7. The lowest BCUT2D eigenvalue weighted by Gasteiger charge is -2.13. The van der Waals surface area contributed by atoms with Crippen LogP contribution < -0.4 is 0 Å². The van der Waals surface area contributed by atoms with E-state index in [2.05, 4.69) is 142 Å². The smallest absolute Gasteiger partial charge is 0.138 e. The lowest BCUT2D eigenvalue weighted by molar-refractivity contribution is 1.08. The molecule has 5 aromatic carbocycles. The van der Waals surface area contributed by atoms with Crippen LogP contribution in [-0.4, -0.2) is 14.0 Å². The molecule has 40 heavy (non-hydrogen) atoms. The monoisotopic (exact) mass is 509 g/mol. The van der Waals surface area contributed by atoms with Gasteiger partial charge in [-0.05, 0) is 59.0 Å². The third-order valence-corrected chi connectivity index (χ3v) is 8.32.